The largest absolute Gasteiger partial charge is 0.381 e. The van der Waals surface area contributed by atoms with Crippen LogP contribution in [0.5, 0.6) is 0 Å². The molecule has 2 aromatic heterocycles. The summed E-state index contributed by atoms with van der Waals surface area (Å²) in [6.07, 6.45) is 6.74. The topological polar surface area (TPSA) is 95.1 Å². The summed E-state index contributed by atoms with van der Waals surface area (Å²) in [6.45, 7) is 1.34. The fourth-order valence-electron chi connectivity index (χ4n) is 2.51. The van der Waals surface area contributed by atoms with Crippen molar-refractivity contribution in [2.75, 3.05) is 18.5 Å². The highest BCUT2D eigenvalue weighted by molar-refractivity contribution is 5.94. The zero-order valence-corrected chi connectivity index (χ0v) is 14.6. The Morgan fingerprint density at radius 1 is 1.33 bits per heavy atom. The molecule has 0 aliphatic carbocycles. The molecule has 1 amide bonds. The third-order valence-electron chi connectivity index (χ3n) is 3.83. The van der Waals surface area contributed by atoms with Crippen LogP contribution in [0.4, 0.5) is 5.69 Å². The Balaban J connectivity index is 0.00000144. The van der Waals surface area contributed by atoms with Crippen LogP contribution in [0.25, 0.3) is 5.82 Å². The van der Waals surface area contributed by atoms with E-state index in [1.165, 1.54) is 0 Å². The van der Waals surface area contributed by atoms with Crippen LogP contribution in [0.3, 0.4) is 0 Å². The molecule has 0 bridgehead atoms. The number of nitrogens with two attached hydrogens (primary N) is 1. The molecule has 1 saturated heterocycles. The van der Waals surface area contributed by atoms with Crippen molar-refractivity contribution in [2.24, 2.45) is 11.7 Å². The lowest BCUT2D eigenvalue weighted by Gasteiger charge is -2.26. The molecule has 0 saturated carbocycles. The van der Waals surface area contributed by atoms with E-state index >= 15 is 0 Å². The van der Waals surface area contributed by atoms with Gasteiger partial charge >= 0.3 is 0 Å². The van der Waals surface area contributed by atoms with Crippen LogP contribution >= 0.6 is 24.8 Å². The summed E-state index contributed by atoms with van der Waals surface area (Å²) < 4.78 is 6.94. The van der Waals surface area contributed by atoms with Gasteiger partial charge in [-0.2, -0.15) is 5.10 Å². The van der Waals surface area contributed by atoms with Gasteiger partial charge in [0, 0.05) is 25.6 Å². The van der Waals surface area contributed by atoms with Crippen molar-refractivity contribution in [3.63, 3.8) is 0 Å². The maximum atomic E-state index is 12.2. The first-order valence-electron chi connectivity index (χ1n) is 7.34. The molecule has 132 valence electrons. The van der Waals surface area contributed by atoms with Crippen molar-refractivity contribution >= 4 is 36.4 Å². The number of nitrogens with one attached hydrogen (secondary N) is 1. The molecule has 0 radical (unpaired) electrons. The van der Waals surface area contributed by atoms with E-state index < -0.39 is 6.04 Å². The first-order chi connectivity index (χ1) is 10.7. The molecule has 0 aromatic carbocycles. The van der Waals surface area contributed by atoms with Gasteiger partial charge in [0.1, 0.15) is 0 Å². The molecular weight excluding hydrogens is 353 g/mol. The minimum Gasteiger partial charge on any atom is -0.381 e. The van der Waals surface area contributed by atoms with Crippen LogP contribution in [0.2, 0.25) is 0 Å². The number of pyridine rings is 1. The Labute approximate surface area is 152 Å². The van der Waals surface area contributed by atoms with Crippen molar-refractivity contribution < 1.29 is 9.53 Å². The second-order valence-corrected chi connectivity index (χ2v) is 5.32. The fourth-order valence-corrected chi connectivity index (χ4v) is 2.51. The predicted molar refractivity (Wildman–Crippen MR) is 96.0 cm³/mol. The van der Waals surface area contributed by atoms with Crippen molar-refractivity contribution in [2.45, 2.75) is 18.9 Å². The van der Waals surface area contributed by atoms with E-state index in [0.29, 0.717) is 24.7 Å². The summed E-state index contributed by atoms with van der Waals surface area (Å²) in [7, 11) is 0. The minimum atomic E-state index is -0.519. The average Bonchev–Trinajstić information content (AvgIpc) is 3.10. The lowest BCUT2D eigenvalue weighted by Crippen LogP contribution is -2.44. The normalized spacial score (nSPS) is 15.7. The van der Waals surface area contributed by atoms with Gasteiger partial charge in [0.25, 0.3) is 0 Å². The van der Waals surface area contributed by atoms with Gasteiger partial charge in [-0.25, -0.2) is 9.67 Å². The van der Waals surface area contributed by atoms with Crippen LogP contribution in [0.1, 0.15) is 12.8 Å². The number of ether oxygens (including phenoxy) is 1. The third kappa shape index (κ3) is 4.91. The van der Waals surface area contributed by atoms with E-state index in [-0.39, 0.29) is 36.6 Å². The van der Waals surface area contributed by atoms with Crippen LogP contribution in [0, 0.1) is 5.92 Å². The number of hydrogen-bond donors (Lipinski definition) is 2. The molecule has 3 N–H and O–H groups in total. The highest BCUT2D eigenvalue weighted by Crippen LogP contribution is 2.19. The molecule has 1 aliphatic rings. The van der Waals surface area contributed by atoms with Crippen molar-refractivity contribution in [3.05, 3.63) is 36.8 Å². The zero-order chi connectivity index (χ0) is 15.4. The number of anilines is 1. The number of rotatable bonds is 4. The van der Waals surface area contributed by atoms with E-state index in [9.17, 15) is 4.79 Å². The van der Waals surface area contributed by atoms with E-state index in [2.05, 4.69) is 15.4 Å². The summed E-state index contributed by atoms with van der Waals surface area (Å²) in [5.74, 6) is 0.683. The Hall–Kier alpha value is -1.67. The maximum absolute atomic E-state index is 12.2. The molecule has 24 heavy (non-hydrogen) atoms. The zero-order valence-electron chi connectivity index (χ0n) is 13.0. The lowest BCUT2D eigenvalue weighted by atomic mass is 9.92. The number of amides is 1. The Bertz CT molecular complexity index is 615. The molecule has 3 rings (SSSR count). The highest BCUT2D eigenvalue weighted by Gasteiger charge is 2.26. The minimum absolute atomic E-state index is 0. The third-order valence-corrected chi connectivity index (χ3v) is 3.83. The van der Waals surface area contributed by atoms with E-state index in [0.717, 1.165) is 12.8 Å². The first kappa shape index (κ1) is 20.4. The summed E-state index contributed by atoms with van der Waals surface area (Å²) in [4.78, 5) is 16.5. The SMILES string of the molecule is Cl.Cl.NC(C(=O)Nc1ccc(-n2cccn2)nc1)C1CCOCC1. The van der Waals surface area contributed by atoms with Gasteiger partial charge in [0.2, 0.25) is 5.91 Å². The molecule has 1 fully saturated rings. The molecule has 1 atom stereocenters. The van der Waals surface area contributed by atoms with Crippen molar-refractivity contribution in [1.82, 2.24) is 14.8 Å². The smallest absolute Gasteiger partial charge is 0.241 e. The Morgan fingerprint density at radius 3 is 2.67 bits per heavy atom. The van der Waals surface area contributed by atoms with Crippen LogP contribution in [-0.2, 0) is 9.53 Å². The molecule has 0 spiro atoms. The first-order valence-corrected chi connectivity index (χ1v) is 7.34. The van der Waals surface area contributed by atoms with Gasteiger partial charge in [-0.1, -0.05) is 0 Å². The maximum Gasteiger partial charge on any atom is 0.241 e. The summed E-state index contributed by atoms with van der Waals surface area (Å²) in [5.41, 5.74) is 6.67. The molecule has 7 nitrogen and oxygen atoms in total. The quantitative estimate of drug-likeness (QED) is 0.851. The van der Waals surface area contributed by atoms with Gasteiger partial charge in [-0.15, -0.1) is 24.8 Å². The summed E-state index contributed by atoms with van der Waals surface area (Å²) in [6, 6.07) is 4.89. The average molecular weight is 374 g/mol. The molecular formula is C15H21Cl2N5O2. The second-order valence-electron chi connectivity index (χ2n) is 5.32. The Morgan fingerprint density at radius 2 is 2.08 bits per heavy atom. The number of nitrogens with zero attached hydrogens (tertiary/aromatic N) is 3. The van der Waals surface area contributed by atoms with Gasteiger partial charge < -0.3 is 15.8 Å². The number of aromatic nitrogens is 3. The number of halogens is 2. The molecule has 1 unspecified atom stereocenters. The number of hydrogen-bond acceptors (Lipinski definition) is 5. The van der Waals surface area contributed by atoms with E-state index in [1.54, 1.807) is 29.2 Å². The van der Waals surface area contributed by atoms with Gasteiger partial charge in [0.15, 0.2) is 5.82 Å². The highest BCUT2D eigenvalue weighted by atomic mass is 35.5. The molecule has 9 heteroatoms. The van der Waals surface area contributed by atoms with Crippen LogP contribution in [0.15, 0.2) is 36.8 Å². The molecule has 3 heterocycles. The molecule has 1 aliphatic heterocycles. The Kier molecular flexibility index (Phi) is 8.14. The van der Waals surface area contributed by atoms with E-state index in [1.807, 2.05) is 12.3 Å². The van der Waals surface area contributed by atoms with Gasteiger partial charge in [-0.3, -0.25) is 4.79 Å². The van der Waals surface area contributed by atoms with Crippen LogP contribution in [-0.4, -0.2) is 39.9 Å². The number of carbonyl (C=O) groups is 1. The molecule has 2 aromatic rings. The van der Waals surface area contributed by atoms with Gasteiger partial charge in [0.05, 0.1) is 17.9 Å². The standard InChI is InChI=1S/C15H19N5O2.2ClH/c16-14(11-4-8-22-9-5-11)15(21)19-12-2-3-13(17-10-12)20-7-1-6-18-20;;/h1-3,6-7,10-11,14H,4-5,8-9,16H2,(H,19,21);2*1H. The monoisotopic (exact) mass is 373 g/mol. The number of carbonyl (C=O) groups excluding carboxylic acids is 1. The fraction of sp³-hybridized carbons (Fsp3) is 0.400. The van der Waals surface area contributed by atoms with Crippen molar-refractivity contribution in [3.8, 4) is 5.82 Å². The van der Waals surface area contributed by atoms with Crippen molar-refractivity contribution in [1.29, 1.82) is 0 Å². The predicted octanol–water partition coefficient (Wildman–Crippen LogP) is 1.80. The second kappa shape index (κ2) is 9.58. The van der Waals surface area contributed by atoms with Gasteiger partial charge in [-0.05, 0) is 37.0 Å². The van der Waals surface area contributed by atoms with Crippen LogP contribution < -0.4 is 11.1 Å². The van der Waals surface area contributed by atoms with E-state index in [4.69, 9.17) is 10.5 Å². The summed E-state index contributed by atoms with van der Waals surface area (Å²) >= 11 is 0. The summed E-state index contributed by atoms with van der Waals surface area (Å²) in [5, 5.41) is 6.92. The lowest BCUT2D eigenvalue weighted by molar-refractivity contribution is -0.119.